The molecule has 30 heavy (non-hydrogen) atoms. The van der Waals surface area contributed by atoms with E-state index in [1.807, 2.05) is 6.92 Å². The molecule has 1 aliphatic rings. The molecule has 0 fully saturated rings. The van der Waals surface area contributed by atoms with E-state index in [-0.39, 0.29) is 10.6 Å². The molecule has 1 N–H and O–H groups in total. The van der Waals surface area contributed by atoms with Gasteiger partial charge >= 0.3 is 0 Å². The van der Waals surface area contributed by atoms with E-state index in [0.717, 1.165) is 5.56 Å². The fourth-order valence-electron chi connectivity index (χ4n) is 3.82. The van der Waals surface area contributed by atoms with Crippen LogP contribution in [0.25, 0.3) is 16.7 Å². The summed E-state index contributed by atoms with van der Waals surface area (Å²) < 4.78 is 36.6. The van der Waals surface area contributed by atoms with Gasteiger partial charge in [0.05, 0.1) is 10.6 Å². The van der Waals surface area contributed by atoms with Gasteiger partial charge in [0.15, 0.2) is 15.6 Å². The molecule has 0 aliphatic carbocycles. The Labute approximate surface area is 181 Å². The standard InChI is InChI=1S/C23H24ClFO4S/c1-6-13-7-8-14(15-9-10-17(24)18(25)12-15)11-16(13)19-20(26)22(2,3)30(28,29)23(4,5)21(19)27/h7-12,26H,6H2,1-5H3. The van der Waals surface area contributed by atoms with E-state index < -0.39 is 36.7 Å². The number of carbonyl (C=O) groups excluding carboxylic acids is 1. The van der Waals surface area contributed by atoms with Crippen molar-refractivity contribution in [2.45, 2.75) is 50.5 Å². The molecule has 0 spiro atoms. The van der Waals surface area contributed by atoms with Crippen molar-refractivity contribution in [3.05, 3.63) is 64.1 Å². The molecule has 160 valence electrons. The third-order valence-corrected chi connectivity index (χ3v) is 9.31. The zero-order valence-electron chi connectivity index (χ0n) is 17.5. The van der Waals surface area contributed by atoms with Gasteiger partial charge in [-0.25, -0.2) is 12.8 Å². The Morgan fingerprint density at radius 2 is 1.57 bits per heavy atom. The van der Waals surface area contributed by atoms with Crippen molar-refractivity contribution in [2.24, 2.45) is 0 Å². The third-order valence-electron chi connectivity index (χ3n) is 5.94. The zero-order chi connectivity index (χ0) is 22.6. The highest BCUT2D eigenvalue weighted by Gasteiger charge is 2.58. The molecule has 2 aromatic rings. The lowest BCUT2D eigenvalue weighted by Crippen LogP contribution is -2.55. The summed E-state index contributed by atoms with van der Waals surface area (Å²) in [6, 6.07) is 9.68. The van der Waals surface area contributed by atoms with E-state index >= 15 is 0 Å². The summed E-state index contributed by atoms with van der Waals surface area (Å²) in [5, 5.41) is 11.0. The minimum absolute atomic E-state index is 0.000619. The normalized spacial score (nSPS) is 19.8. The summed E-state index contributed by atoms with van der Waals surface area (Å²) >= 11 is 5.78. The molecule has 7 heteroatoms. The van der Waals surface area contributed by atoms with E-state index in [1.54, 1.807) is 24.3 Å². The molecule has 0 bridgehead atoms. The molecule has 2 aromatic carbocycles. The van der Waals surface area contributed by atoms with Crippen molar-refractivity contribution in [3.63, 3.8) is 0 Å². The molecular formula is C23H24ClFO4S. The van der Waals surface area contributed by atoms with Crippen LogP contribution in [0.1, 0.15) is 45.7 Å². The first kappa shape index (κ1) is 22.5. The number of halogens is 2. The molecule has 0 atom stereocenters. The van der Waals surface area contributed by atoms with Crippen LogP contribution in [-0.2, 0) is 21.1 Å². The second kappa shape index (κ2) is 7.20. The molecule has 1 aliphatic heterocycles. The minimum atomic E-state index is -3.99. The van der Waals surface area contributed by atoms with Crippen LogP contribution in [0.2, 0.25) is 5.02 Å². The maximum atomic E-state index is 14.0. The Balaban J connectivity index is 2.33. The number of hydrogen-bond acceptors (Lipinski definition) is 4. The Morgan fingerprint density at radius 3 is 2.13 bits per heavy atom. The quantitative estimate of drug-likeness (QED) is 0.667. The first-order chi connectivity index (χ1) is 13.8. The van der Waals surface area contributed by atoms with Crippen LogP contribution >= 0.6 is 11.6 Å². The molecule has 3 rings (SSSR count). The number of aliphatic hydroxyl groups is 1. The van der Waals surface area contributed by atoms with Crippen LogP contribution in [0.15, 0.2) is 42.2 Å². The van der Waals surface area contributed by atoms with Crippen molar-refractivity contribution in [3.8, 4) is 11.1 Å². The van der Waals surface area contributed by atoms with Gasteiger partial charge in [0.1, 0.15) is 21.1 Å². The molecule has 0 unspecified atom stereocenters. The number of carbonyl (C=O) groups is 1. The molecule has 0 amide bonds. The van der Waals surface area contributed by atoms with Crippen molar-refractivity contribution >= 4 is 32.8 Å². The fraction of sp³-hybridized carbons (Fsp3) is 0.348. The van der Waals surface area contributed by atoms with Crippen molar-refractivity contribution in [1.29, 1.82) is 0 Å². The Morgan fingerprint density at radius 1 is 1.00 bits per heavy atom. The number of aryl methyl sites for hydroxylation is 1. The van der Waals surface area contributed by atoms with Gasteiger partial charge in [0.25, 0.3) is 0 Å². The average Bonchev–Trinajstić information content (AvgIpc) is 2.68. The van der Waals surface area contributed by atoms with Crippen LogP contribution in [0.5, 0.6) is 0 Å². The zero-order valence-corrected chi connectivity index (χ0v) is 19.1. The fourth-order valence-corrected chi connectivity index (χ4v) is 5.92. The number of ketones is 1. The predicted molar refractivity (Wildman–Crippen MR) is 118 cm³/mol. The van der Waals surface area contributed by atoms with E-state index in [1.165, 1.54) is 39.8 Å². The molecule has 0 radical (unpaired) electrons. The van der Waals surface area contributed by atoms with Gasteiger partial charge in [-0.2, -0.15) is 0 Å². The maximum absolute atomic E-state index is 14.0. The lowest BCUT2D eigenvalue weighted by molar-refractivity contribution is -0.115. The second-order valence-corrected chi connectivity index (χ2v) is 11.9. The maximum Gasteiger partial charge on any atom is 0.187 e. The second-order valence-electron chi connectivity index (χ2n) is 8.43. The largest absolute Gasteiger partial charge is 0.510 e. The van der Waals surface area contributed by atoms with Gasteiger partial charge in [0.2, 0.25) is 0 Å². The van der Waals surface area contributed by atoms with E-state index in [9.17, 15) is 22.7 Å². The first-order valence-electron chi connectivity index (χ1n) is 9.58. The highest BCUT2D eigenvalue weighted by molar-refractivity contribution is 7.95. The number of benzene rings is 2. The molecule has 1 heterocycles. The van der Waals surface area contributed by atoms with Crippen LogP contribution < -0.4 is 0 Å². The lowest BCUT2D eigenvalue weighted by Gasteiger charge is -2.40. The molecule has 0 aromatic heterocycles. The summed E-state index contributed by atoms with van der Waals surface area (Å²) in [6.07, 6.45) is 0.558. The van der Waals surface area contributed by atoms with E-state index in [0.29, 0.717) is 23.1 Å². The summed E-state index contributed by atoms with van der Waals surface area (Å²) in [6.45, 7) is 7.43. The van der Waals surface area contributed by atoms with Gasteiger partial charge < -0.3 is 5.11 Å². The number of Topliss-reactive ketones (excluding diaryl/α,β-unsaturated/α-hetero) is 1. The van der Waals surface area contributed by atoms with Crippen LogP contribution in [0, 0.1) is 5.82 Å². The summed E-state index contributed by atoms with van der Waals surface area (Å²) in [5.74, 6) is -1.70. The number of allylic oxidation sites excluding steroid dienone is 1. The number of aliphatic hydroxyl groups excluding tert-OH is 1. The lowest BCUT2D eigenvalue weighted by atomic mass is 9.85. The summed E-state index contributed by atoms with van der Waals surface area (Å²) in [4.78, 5) is 13.3. The van der Waals surface area contributed by atoms with Crippen LogP contribution in [0.3, 0.4) is 0 Å². The van der Waals surface area contributed by atoms with Gasteiger partial charge in [-0.05, 0) is 74.6 Å². The summed E-state index contributed by atoms with van der Waals surface area (Å²) in [7, 11) is -3.99. The Kier molecular flexibility index (Phi) is 5.40. The number of sulfone groups is 1. The van der Waals surface area contributed by atoms with Gasteiger partial charge in [-0.15, -0.1) is 0 Å². The predicted octanol–water partition coefficient (Wildman–Crippen LogP) is 5.53. The van der Waals surface area contributed by atoms with Crippen molar-refractivity contribution < 1.29 is 22.7 Å². The number of rotatable bonds is 3. The monoisotopic (exact) mass is 450 g/mol. The van der Waals surface area contributed by atoms with Gasteiger partial charge in [-0.1, -0.05) is 36.7 Å². The third kappa shape index (κ3) is 3.08. The molecular weight excluding hydrogens is 427 g/mol. The Hall–Kier alpha value is -2.18. The van der Waals surface area contributed by atoms with Crippen molar-refractivity contribution in [2.75, 3.05) is 0 Å². The van der Waals surface area contributed by atoms with Gasteiger partial charge in [0, 0.05) is 0 Å². The highest BCUT2D eigenvalue weighted by Crippen LogP contribution is 2.46. The topological polar surface area (TPSA) is 71.4 Å². The molecule has 4 nitrogen and oxygen atoms in total. The van der Waals surface area contributed by atoms with Crippen molar-refractivity contribution in [1.82, 2.24) is 0 Å². The Bertz CT molecular complexity index is 1190. The number of hydrogen-bond donors (Lipinski definition) is 1. The average molecular weight is 451 g/mol. The van der Waals surface area contributed by atoms with Crippen LogP contribution in [0.4, 0.5) is 4.39 Å². The first-order valence-corrected chi connectivity index (χ1v) is 11.4. The van der Waals surface area contributed by atoms with Gasteiger partial charge in [-0.3, -0.25) is 4.79 Å². The minimum Gasteiger partial charge on any atom is -0.510 e. The molecule has 0 saturated heterocycles. The smallest absolute Gasteiger partial charge is 0.187 e. The highest BCUT2D eigenvalue weighted by atomic mass is 35.5. The summed E-state index contributed by atoms with van der Waals surface area (Å²) in [5.41, 5.74) is 2.39. The van der Waals surface area contributed by atoms with E-state index in [4.69, 9.17) is 11.6 Å². The SMILES string of the molecule is CCc1ccc(-c2ccc(Cl)c(F)c2)cc1C1=C(O)C(C)(C)S(=O)(=O)C(C)(C)C1=O. The molecule has 0 saturated carbocycles. The van der Waals surface area contributed by atoms with Crippen LogP contribution in [-0.4, -0.2) is 28.8 Å². The van der Waals surface area contributed by atoms with E-state index in [2.05, 4.69) is 0 Å².